The Morgan fingerprint density at radius 1 is 1.75 bits per heavy atom. The highest BCUT2D eigenvalue weighted by molar-refractivity contribution is 5.73. The van der Waals surface area contributed by atoms with E-state index in [1.807, 2.05) is 0 Å². The van der Waals surface area contributed by atoms with Crippen molar-refractivity contribution >= 4 is 5.97 Å². The molecule has 0 aliphatic heterocycles. The molecule has 0 aromatic rings. The van der Waals surface area contributed by atoms with Crippen molar-refractivity contribution in [3.63, 3.8) is 0 Å². The largest absolute Gasteiger partial charge is 0.480 e. The minimum atomic E-state index is -1.18. The molecule has 0 aromatic heterocycles. The van der Waals surface area contributed by atoms with Gasteiger partial charge in [0.25, 0.3) is 0 Å². The molecule has 0 saturated carbocycles. The number of carboxylic acid groups (broad SMARTS) is 1. The van der Waals surface area contributed by atoms with Crippen molar-refractivity contribution in [1.82, 2.24) is 0 Å². The summed E-state index contributed by atoms with van der Waals surface area (Å²) in [5.41, 5.74) is 4.91. The molecule has 0 amide bonds. The van der Waals surface area contributed by atoms with Gasteiger partial charge < -0.3 is 15.9 Å². The summed E-state index contributed by atoms with van der Waals surface area (Å²) in [6.07, 6.45) is -0.979. The van der Waals surface area contributed by atoms with Gasteiger partial charge in [-0.05, 0) is 6.92 Å². The zero-order valence-electron chi connectivity index (χ0n) is 4.53. The Morgan fingerprint density at radius 2 is 2.12 bits per heavy atom. The van der Waals surface area contributed by atoms with E-state index in [1.54, 1.807) is 0 Å². The quantitative estimate of drug-likeness (QED) is 0.434. The van der Waals surface area contributed by atoms with Gasteiger partial charge in [-0.3, -0.25) is 4.79 Å². The summed E-state index contributed by atoms with van der Waals surface area (Å²) in [5, 5.41) is 16.6. The zero-order chi connectivity index (χ0) is 6.73. The van der Waals surface area contributed by atoms with E-state index in [2.05, 4.69) is 0 Å². The van der Waals surface area contributed by atoms with Crippen LogP contribution < -0.4 is 5.73 Å². The van der Waals surface area contributed by atoms with Crippen LogP contribution in [0.15, 0.2) is 0 Å². The number of nitrogens with two attached hydrogens (primary N) is 1. The molecule has 4 N–H and O–H groups in total. The third-order valence-electron chi connectivity index (χ3n) is 0.805. The van der Waals surface area contributed by atoms with Gasteiger partial charge in [0.1, 0.15) is 6.04 Å². The minimum absolute atomic E-state index is 0.979. The fraction of sp³-hybridized carbons (Fsp3) is 0.750. The Kier molecular flexibility index (Phi) is 2.44. The Balaban J connectivity index is 3.64. The first-order valence-electron chi connectivity index (χ1n) is 2.22. The summed E-state index contributed by atoms with van der Waals surface area (Å²) < 4.78 is 0. The van der Waals surface area contributed by atoms with Crippen LogP contribution in [0.4, 0.5) is 0 Å². The monoisotopic (exact) mass is 127 g/mol. The smallest absolute Gasteiger partial charge is 0.323 e. The molecule has 0 aromatic carbocycles. The van der Waals surface area contributed by atoms with Crippen LogP contribution in [0, 0.1) is 0 Å². The van der Waals surface area contributed by atoms with Crippen molar-refractivity contribution < 1.29 is 15.0 Å². The van der Waals surface area contributed by atoms with Gasteiger partial charge in [-0.25, -0.2) is 0 Å². The van der Waals surface area contributed by atoms with Crippen molar-refractivity contribution in [3.05, 3.63) is 0 Å². The molecule has 0 radical (unpaired) electrons. The summed E-state index contributed by atoms with van der Waals surface area (Å²) in [6.45, 7) is 1.33. The molecule has 4 nitrogen and oxygen atoms in total. The predicted molar refractivity (Wildman–Crippen MR) is 27.3 cm³/mol. The molecule has 0 saturated heterocycles. The van der Waals surface area contributed by atoms with Gasteiger partial charge in [0.2, 0.25) is 0 Å². The minimum Gasteiger partial charge on any atom is -0.480 e. The maximum atomic E-state index is 9.86. The predicted octanol–water partition coefficient (Wildman–Crippen LogP) is -1.22. The lowest BCUT2D eigenvalue weighted by atomic mass is 12.0. The second-order valence-electron chi connectivity index (χ2n) is 1.60. The average Bonchev–Trinajstić information content (AvgIpc) is 1.64. The summed E-state index contributed by atoms with van der Waals surface area (Å²) in [7, 11) is 0. The SMILES string of the molecule is [14CH3][14C@@H](O)[14C@H](N)[14C](=O)O. The molecule has 0 aliphatic rings. The van der Waals surface area contributed by atoms with Crippen LogP contribution in [-0.2, 0) is 4.79 Å². The maximum Gasteiger partial charge on any atom is 0.323 e. The average molecular weight is 127 g/mol. The topological polar surface area (TPSA) is 83.5 Å². The van der Waals surface area contributed by atoms with Gasteiger partial charge in [0, 0.05) is 0 Å². The van der Waals surface area contributed by atoms with E-state index in [1.165, 1.54) is 6.92 Å². The van der Waals surface area contributed by atoms with Crippen LogP contribution >= 0.6 is 0 Å². The van der Waals surface area contributed by atoms with Crippen molar-refractivity contribution in [2.75, 3.05) is 0 Å². The molecule has 0 rings (SSSR count). The second-order valence-corrected chi connectivity index (χ2v) is 1.60. The normalized spacial score (nSPS) is 17.4. The highest BCUT2D eigenvalue weighted by Gasteiger charge is 2.16. The first kappa shape index (κ1) is 7.39. The van der Waals surface area contributed by atoms with E-state index in [9.17, 15) is 4.79 Å². The lowest BCUT2D eigenvalue weighted by Crippen LogP contribution is -2.39. The van der Waals surface area contributed by atoms with Crippen LogP contribution in [-0.4, -0.2) is 28.3 Å². The molecule has 4 heteroatoms. The number of rotatable bonds is 2. The molecular formula is C4H9NO3. The number of aliphatic hydroxyl groups excluding tert-OH is 1. The molecule has 0 aliphatic carbocycles. The Hall–Kier alpha value is -0.610. The standard InChI is InChI=1S/C4H9NO3/c1-2(6)3(5)4(7)8/h2-3,6H,5H2,1H3,(H,7,8)/t2-,3+/m1/s1/i1+2,2+2,3+2,4+2. The molecule has 0 fully saturated rings. The third-order valence-corrected chi connectivity index (χ3v) is 0.805. The van der Waals surface area contributed by atoms with Crippen molar-refractivity contribution in [2.45, 2.75) is 19.1 Å². The van der Waals surface area contributed by atoms with Gasteiger partial charge in [0.15, 0.2) is 0 Å². The van der Waals surface area contributed by atoms with Gasteiger partial charge in [0.05, 0.1) is 6.10 Å². The Labute approximate surface area is 46.9 Å². The molecule has 0 spiro atoms. The van der Waals surface area contributed by atoms with E-state index in [4.69, 9.17) is 15.9 Å². The zero-order valence-corrected chi connectivity index (χ0v) is 4.53. The van der Waals surface area contributed by atoms with Crippen molar-refractivity contribution in [1.29, 1.82) is 0 Å². The Morgan fingerprint density at radius 3 is 2.12 bits per heavy atom. The number of aliphatic carboxylic acids is 1. The third kappa shape index (κ3) is 1.90. The van der Waals surface area contributed by atoms with Gasteiger partial charge in [-0.2, -0.15) is 0 Å². The van der Waals surface area contributed by atoms with E-state index in [-0.39, 0.29) is 0 Å². The summed E-state index contributed by atoms with van der Waals surface area (Å²) in [6, 6.07) is -1.16. The summed E-state index contributed by atoms with van der Waals surface area (Å²) >= 11 is 0. The van der Waals surface area contributed by atoms with Crippen molar-refractivity contribution in [3.8, 4) is 0 Å². The first-order chi connectivity index (χ1) is 3.55. The van der Waals surface area contributed by atoms with Crippen LogP contribution in [0.1, 0.15) is 6.92 Å². The highest BCUT2D eigenvalue weighted by atomic mass is 16.7. The van der Waals surface area contributed by atoms with Crippen molar-refractivity contribution in [2.24, 2.45) is 5.73 Å². The van der Waals surface area contributed by atoms with E-state index in [0.717, 1.165) is 0 Å². The first-order valence-corrected chi connectivity index (χ1v) is 2.22. The van der Waals surface area contributed by atoms with Crippen LogP contribution in [0.25, 0.3) is 0 Å². The number of carboxylic acids is 1. The number of hydrogen-bond acceptors (Lipinski definition) is 3. The molecule has 0 unspecified atom stereocenters. The van der Waals surface area contributed by atoms with Gasteiger partial charge in [-0.1, -0.05) is 0 Å². The lowest BCUT2D eigenvalue weighted by Gasteiger charge is -2.06. The van der Waals surface area contributed by atoms with E-state index in [0.29, 0.717) is 0 Å². The molecule has 48 valence electrons. The van der Waals surface area contributed by atoms with Crippen LogP contribution in [0.2, 0.25) is 0 Å². The van der Waals surface area contributed by atoms with E-state index >= 15 is 0 Å². The number of carbonyl (C=O) groups is 1. The molecule has 8 heavy (non-hydrogen) atoms. The molecule has 0 bridgehead atoms. The number of aliphatic hydroxyl groups is 1. The Bertz CT molecular complexity index is 91.3. The molecular weight excluding hydrogens is 118 g/mol. The van der Waals surface area contributed by atoms with Gasteiger partial charge >= 0.3 is 5.97 Å². The van der Waals surface area contributed by atoms with Crippen LogP contribution in [0.3, 0.4) is 0 Å². The number of hydrogen-bond donors (Lipinski definition) is 3. The molecule has 0 heterocycles. The summed E-state index contributed by atoms with van der Waals surface area (Å²) in [5.74, 6) is -1.18. The van der Waals surface area contributed by atoms with E-state index < -0.39 is 18.1 Å². The van der Waals surface area contributed by atoms with Crippen LogP contribution in [0.5, 0.6) is 0 Å². The molecule has 2 atom stereocenters. The second kappa shape index (κ2) is 2.64. The lowest BCUT2D eigenvalue weighted by molar-refractivity contribution is -0.140. The fourth-order valence-corrected chi connectivity index (χ4v) is 0.206. The maximum absolute atomic E-state index is 9.86. The van der Waals surface area contributed by atoms with Gasteiger partial charge in [-0.15, -0.1) is 0 Å². The fourth-order valence-electron chi connectivity index (χ4n) is 0.206. The summed E-state index contributed by atoms with van der Waals surface area (Å²) in [4.78, 5) is 9.86. The highest BCUT2D eigenvalue weighted by Crippen LogP contribution is 1.85.